The summed E-state index contributed by atoms with van der Waals surface area (Å²) in [6, 6.07) is 0. The molecule has 0 spiro atoms. The summed E-state index contributed by atoms with van der Waals surface area (Å²) in [5.41, 5.74) is 0. The standard InChI is InChI=1S/C9H14FNO/c1-2-5-11-9(12)7-3-4-8(10)6-7/h2,7-8H,1,3-6H2,(H,11,12). The zero-order valence-electron chi connectivity index (χ0n) is 7.05. The summed E-state index contributed by atoms with van der Waals surface area (Å²) < 4.78 is 12.7. The maximum atomic E-state index is 12.7. The minimum atomic E-state index is -0.774. The van der Waals surface area contributed by atoms with Crippen LogP contribution < -0.4 is 5.32 Å². The van der Waals surface area contributed by atoms with Gasteiger partial charge in [0.1, 0.15) is 6.17 Å². The van der Waals surface area contributed by atoms with Crippen LogP contribution in [0.2, 0.25) is 0 Å². The van der Waals surface area contributed by atoms with Crippen LogP contribution in [0, 0.1) is 5.92 Å². The van der Waals surface area contributed by atoms with Crippen molar-refractivity contribution in [1.29, 1.82) is 0 Å². The summed E-state index contributed by atoms with van der Waals surface area (Å²) in [7, 11) is 0. The van der Waals surface area contributed by atoms with Crippen LogP contribution in [0.1, 0.15) is 19.3 Å². The Balaban J connectivity index is 2.28. The fourth-order valence-corrected chi connectivity index (χ4v) is 1.48. The van der Waals surface area contributed by atoms with Gasteiger partial charge in [-0.2, -0.15) is 0 Å². The van der Waals surface area contributed by atoms with Crippen molar-refractivity contribution >= 4 is 5.91 Å². The Morgan fingerprint density at radius 2 is 2.42 bits per heavy atom. The zero-order valence-corrected chi connectivity index (χ0v) is 7.05. The molecule has 1 aliphatic rings. The molecular weight excluding hydrogens is 157 g/mol. The van der Waals surface area contributed by atoms with Crippen LogP contribution in [0.5, 0.6) is 0 Å². The highest BCUT2D eigenvalue weighted by Crippen LogP contribution is 2.27. The molecule has 0 bridgehead atoms. The molecular formula is C9H14FNO. The second-order valence-electron chi connectivity index (χ2n) is 3.14. The largest absolute Gasteiger partial charge is 0.352 e. The van der Waals surface area contributed by atoms with E-state index in [-0.39, 0.29) is 11.8 Å². The van der Waals surface area contributed by atoms with Crippen molar-refractivity contribution in [3.05, 3.63) is 12.7 Å². The van der Waals surface area contributed by atoms with Gasteiger partial charge in [0.25, 0.3) is 0 Å². The summed E-state index contributed by atoms with van der Waals surface area (Å²) >= 11 is 0. The molecule has 2 atom stereocenters. The second kappa shape index (κ2) is 4.24. The molecule has 68 valence electrons. The lowest BCUT2D eigenvalue weighted by atomic mass is 10.1. The molecule has 1 N–H and O–H groups in total. The van der Waals surface area contributed by atoms with Crippen LogP contribution >= 0.6 is 0 Å². The number of hydrogen-bond acceptors (Lipinski definition) is 1. The average Bonchev–Trinajstić information content (AvgIpc) is 2.47. The SMILES string of the molecule is C=CCNC(=O)C1CCC(F)C1. The van der Waals surface area contributed by atoms with Gasteiger partial charge in [0, 0.05) is 12.5 Å². The van der Waals surface area contributed by atoms with Gasteiger partial charge in [-0.1, -0.05) is 6.08 Å². The first kappa shape index (κ1) is 9.23. The molecule has 1 saturated carbocycles. The van der Waals surface area contributed by atoms with Crippen molar-refractivity contribution < 1.29 is 9.18 Å². The van der Waals surface area contributed by atoms with Crippen LogP contribution in [0.4, 0.5) is 4.39 Å². The number of carbonyl (C=O) groups excluding carboxylic acids is 1. The minimum absolute atomic E-state index is 0.0324. The highest BCUT2D eigenvalue weighted by atomic mass is 19.1. The zero-order chi connectivity index (χ0) is 8.97. The quantitative estimate of drug-likeness (QED) is 0.639. The number of rotatable bonds is 3. The molecule has 2 nitrogen and oxygen atoms in total. The van der Waals surface area contributed by atoms with Crippen molar-refractivity contribution in [2.75, 3.05) is 6.54 Å². The molecule has 0 aromatic heterocycles. The fourth-order valence-electron chi connectivity index (χ4n) is 1.48. The molecule has 12 heavy (non-hydrogen) atoms. The van der Waals surface area contributed by atoms with Gasteiger partial charge < -0.3 is 5.32 Å². The van der Waals surface area contributed by atoms with E-state index in [2.05, 4.69) is 11.9 Å². The van der Waals surface area contributed by atoms with Gasteiger partial charge in [-0.05, 0) is 19.3 Å². The summed E-state index contributed by atoms with van der Waals surface area (Å²) in [6.45, 7) is 3.96. The predicted octanol–water partition coefficient (Wildman–Crippen LogP) is 1.43. The first-order valence-electron chi connectivity index (χ1n) is 4.26. The van der Waals surface area contributed by atoms with E-state index in [1.54, 1.807) is 6.08 Å². The van der Waals surface area contributed by atoms with Gasteiger partial charge in [0.2, 0.25) is 5.91 Å². The van der Waals surface area contributed by atoms with Gasteiger partial charge >= 0.3 is 0 Å². The molecule has 0 saturated heterocycles. The lowest BCUT2D eigenvalue weighted by molar-refractivity contribution is -0.124. The predicted molar refractivity (Wildman–Crippen MR) is 45.4 cm³/mol. The Kier molecular flexibility index (Phi) is 3.26. The molecule has 1 rings (SSSR count). The third-order valence-corrected chi connectivity index (χ3v) is 2.16. The minimum Gasteiger partial charge on any atom is -0.352 e. The second-order valence-corrected chi connectivity index (χ2v) is 3.14. The summed E-state index contributed by atoms with van der Waals surface area (Å²) in [5, 5.41) is 2.67. The third-order valence-electron chi connectivity index (χ3n) is 2.16. The Labute approximate surface area is 71.8 Å². The molecule has 2 unspecified atom stereocenters. The smallest absolute Gasteiger partial charge is 0.223 e. The lowest BCUT2D eigenvalue weighted by Gasteiger charge is -2.07. The van der Waals surface area contributed by atoms with Crippen molar-refractivity contribution in [2.24, 2.45) is 5.92 Å². The molecule has 1 amide bonds. The van der Waals surface area contributed by atoms with Crippen molar-refractivity contribution in [3.8, 4) is 0 Å². The first-order chi connectivity index (χ1) is 5.74. The maximum absolute atomic E-state index is 12.7. The maximum Gasteiger partial charge on any atom is 0.223 e. The molecule has 0 radical (unpaired) electrons. The Morgan fingerprint density at radius 3 is 2.92 bits per heavy atom. The van der Waals surface area contributed by atoms with E-state index in [9.17, 15) is 9.18 Å². The molecule has 1 aliphatic carbocycles. The van der Waals surface area contributed by atoms with Crippen LogP contribution in [0.25, 0.3) is 0 Å². The summed E-state index contributed by atoms with van der Waals surface area (Å²) in [5.74, 6) is -0.144. The van der Waals surface area contributed by atoms with Crippen molar-refractivity contribution in [2.45, 2.75) is 25.4 Å². The summed E-state index contributed by atoms with van der Waals surface area (Å²) in [4.78, 5) is 11.2. The molecule has 3 heteroatoms. The highest BCUT2D eigenvalue weighted by Gasteiger charge is 2.29. The van der Waals surface area contributed by atoms with Gasteiger partial charge in [-0.15, -0.1) is 6.58 Å². The number of amides is 1. The van der Waals surface area contributed by atoms with Crippen molar-refractivity contribution in [1.82, 2.24) is 5.32 Å². The van der Waals surface area contributed by atoms with E-state index in [0.717, 1.165) is 0 Å². The third kappa shape index (κ3) is 2.32. The Morgan fingerprint density at radius 1 is 1.67 bits per heavy atom. The molecule has 0 heterocycles. The fraction of sp³-hybridized carbons (Fsp3) is 0.667. The van der Waals surface area contributed by atoms with Crippen LogP contribution in [-0.2, 0) is 4.79 Å². The van der Waals surface area contributed by atoms with E-state index >= 15 is 0 Å². The van der Waals surface area contributed by atoms with E-state index in [4.69, 9.17) is 0 Å². The molecule has 0 aromatic carbocycles. The Hall–Kier alpha value is -0.860. The summed E-state index contributed by atoms with van der Waals surface area (Å²) in [6.07, 6.45) is 2.46. The molecule has 0 aliphatic heterocycles. The first-order valence-corrected chi connectivity index (χ1v) is 4.26. The highest BCUT2D eigenvalue weighted by molar-refractivity contribution is 5.79. The number of carbonyl (C=O) groups is 1. The monoisotopic (exact) mass is 171 g/mol. The van der Waals surface area contributed by atoms with Gasteiger partial charge in [-0.3, -0.25) is 4.79 Å². The molecule has 1 fully saturated rings. The van der Waals surface area contributed by atoms with E-state index < -0.39 is 6.17 Å². The van der Waals surface area contributed by atoms with E-state index in [1.165, 1.54) is 0 Å². The van der Waals surface area contributed by atoms with Crippen LogP contribution in [0.3, 0.4) is 0 Å². The topological polar surface area (TPSA) is 29.1 Å². The number of nitrogens with one attached hydrogen (secondary N) is 1. The Bertz CT molecular complexity index is 181. The number of hydrogen-bond donors (Lipinski definition) is 1. The number of alkyl halides is 1. The number of halogens is 1. The van der Waals surface area contributed by atoms with Gasteiger partial charge in [0.05, 0.1) is 0 Å². The van der Waals surface area contributed by atoms with E-state index in [0.29, 0.717) is 25.8 Å². The van der Waals surface area contributed by atoms with E-state index in [1.807, 2.05) is 0 Å². The normalized spacial score (nSPS) is 28.4. The van der Waals surface area contributed by atoms with Gasteiger partial charge in [0.15, 0.2) is 0 Å². The molecule has 0 aromatic rings. The van der Waals surface area contributed by atoms with Gasteiger partial charge in [-0.25, -0.2) is 4.39 Å². The van der Waals surface area contributed by atoms with Crippen LogP contribution in [-0.4, -0.2) is 18.6 Å². The lowest BCUT2D eigenvalue weighted by Crippen LogP contribution is -2.29. The van der Waals surface area contributed by atoms with Crippen LogP contribution in [0.15, 0.2) is 12.7 Å². The average molecular weight is 171 g/mol. The van der Waals surface area contributed by atoms with Crippen molar-refractivity contribution in [3.63, 3.8) is 0 Å².